The number of benzene rings is 1. The van der Waals surface area contributed by atoms with Crippen molar-refractivity contribution in [2.45, 2.75) is 38.5 Å². The monoisotopic (exact) mass is 365 g/mol. The number of hydrogen-bond donors (Lipinski definition) is 2. The molecule has 1 heterocycles. The Morgan fingerprint density at radius 2 is 1.96 bits per heavy atom. The van der Waals surface area contributed by atoms with Crippen molar-refractivity contribution in [2.24, 2.45) is 0 Å². The zero-order valence-corrected chi connectivity index (χ0v) is 14.1. The van der Waals surface area contributed by atoms with E-state index in [0.717, 1.165) is 4.90 Å². The molecule has 1 aromatic carbocycles. The molecule has 2 rings (SSSR count). The smallest absolute Gasteiger partial charge is 0.409 e. The first-order chi connectivity index (χ1) is 12.3. The van der Waals surface area contributed by atoms with Crippen LogP contribution in [0.15, 0.2) is 24.3 Å². The zero-order chi connectivity index (χ0) is 19.3. The molecule has 140 valence electrons. The van der Waals surface area contributed by atoms with E-state index in [-0.39, 0.29) is 25.3 Å². The van der Waals surface area contributed by atoms with Gasteiger partial charge in [0.05, 0.1) is 4.92 Å². The van der Waals surface area contributed by atoms with Gasteiger partial charge in [-0.2, -0.15) is 0 Å². The predicted molar refractivity (Wildman–Crippen MR) is 88.0 cm³/mol. The summed E-state index contributed by atoms with van der Waals surface area (Å²) in [6, 6.07) is 5.42. The molecule has 0 saturated carbocycles. The largest absolute Gasteiger partial charge is 0.465 e. The summed E-state index contributed by atoms with van der Waals surface area (Å²) in [5.41, 5.74) is -1.37. The van der Waals surface area contributed by atoms with Crippen LogP contribution in [0.5, 0.6) is 0 Å². The van der Waals surface area contributed by atoms with Crippen LogP contribution in [0.3, 0.4) is 0 Å². The van der Waals surface area contributed by atoms with Crippen LogP contribution in [0, 0.1) is 10.1 Å². The molecular formula is C16H19N3O7. The van der Waals surface area contributed by atoms with Gasteiger partial charge in [0.25, 0.3) is 5.69 Å². The molecule has 1 saturated heterocycles. The van der Waals surface area contributed by atoms with Crippen LogP contribution >= 0.6 is 0 Å². The van der Waals surface area contributed by atoms with E-state index in [4.69, 9.17) is 4.74 Å². The number of rotatable bonds is 5. The van der Waals surface area contributed by atoms with Crippen molar-refractivity contribution in [1.82, 2.24) is 10.2 Å². The van der Waals surface area contributed by atoms with Crippen LogP contribution in [0.4, 0.5) is 10.5 Å². The van der Waals surface area contributed by atoms with E-state index in [1.165, 1.54) is 31.2 Å². The predicted octanol–water partition coefficient (Wildman–Crippen LogP) is 1.63. The lowest BCUT2D eigenvalue weighted by Crippen LogP contribution is -2.68. The summed E-state index contributed by atoms with van der Waals surface area (Å²) in [5.74, 6) is -1.43. The summed E-state index contributed by atoms with van der Waals surface area (Å²) in [5, 5.41) is 22.5. The highest BCUT2D eigenvalue weighted by molar-refractivity contribution is 5.90. The molecule has 1 aliphatic rings. The highest BCUT2D eigenvalue weighted by Gasteiger charge is 2.50. The first-order valence-corrected chi connectivity index (χ1v) is 7.96. The van der Waals surface area contributed by atoms with Crippen molar-refractivity contribution in [3.63, 3.8) is 0 Å². The molecule has 10 nitrogen and oxygen atoms in total. The van der Waals surface area contributed by atoms with Crippen molar-refractivity contribution < 1.29 is 29.2 Å². The van der Waals surface area contributed by atoms with E-state index >= 15 is 0 Å². The summed E-state index contributed by atoms with van der Waals surface area (Å²) in [7, 11) is 0. The van der Waals surface area contributed by atoms with E-state index in [0.29, 0.717) is 18.4 Å². The van der Waals surface area contributed by atoms with Gasteiger partial charge in [0.2, 0.25) is 11.6 Å². The summed E-state index contributed by atoms with van der Waals surface area (Å²) in [4.78, 5) is 46.8. The molecule has 2 amide bonds. The van der Waals surface area contributed by atoms with Crippen molar-refractivity contribution in [3.05, 3.63) is 39.9 Å². The van der Waals surface area contributed by atoms with Crippen LogP contribution in [0.25, 0.3) is 0 Å². The third kappa shape index (κ3) is 4.08. The third-order valence-electron chi connectivity index (χ3n) is 4.10. The first-order valence-electron chi connectivity index (χ1n) is 7.96. The molecule has 1 aliphatic heterocycles. The Hall–Kier alpha value is -3.17. The van der Waals surface area contributed by atoms with Crippen LogP contribution in [0.2, 0.25) is 0 Å². The van der Waals surface area contributed by atoms with Crippen molar-refractivity contribution in [2.75, 3.05) is 6.54 Å². The number of carboxylic acid groups (broad SMARTS) is 1. The SMILES string of the molecule is CC(=O)N[C@@]1(C(=O)OCc2ccc([N+](=O)[O-])cc2)CCCCN1C(=O)O. The summed E-state index contributed by atoms with van der Waals surface area (Å²) in [6.07, 6.45) is -0.0940. The molecule has 0 bridgehead atoms. The number of nitrogens with zero attached hydrogens (tertiary/aromatic N) is 2. The molecule has 0 unspecified atom stereocenters. The van der Waals surface area contributed by atoms with Gasteiger partial charge in [-0.05, 0) is 30.5 Å². The number of likely N-dealkylation sites (tertiary alicyclic amines) is 1. The lowest BCUT2D eigenvalue weighted by Gasteiger charge is -2.43. The standard InChI is InChI=1S/C16H19N3O7/c1-11(20)17-16(8-2-3-9-18(16)15(22)23)14(21)26-10-12-4-6-13(7-5-12)19(24)25/h4-7H,2-3,8-10H2,1H3,(H,17,20)(H,22,23)/t16-/m0/s1. The number of nitro groups is 1. The minimum Gasteiger partial charge on any atom is -0.465 e. The van der Waals surface area contributed by atoms with Crippen molar-refractivity contribution >= 4 is 23.7 Å². The minimum absolute atomic E-state index is 0.0980. The number of nitro benzene ring substituents is 1. The molecule has 0 spiro atoms. The molecule has 1 aromatic rings. The third-order valence-corrected chi connectivity index (χ3v) is 4.10. The molecule has 0 radical (unpaired) electrons. The van der Waals surface area contributed by atoms with Gasteiger partial charge in [-0.1, -0.05) is 0 Å². The van der Waals surface area contributed by atoms with Crippen LogP contribution < -0.4 is 5.32 Å². The van der Waals surface area contributed by atoms with E-state index in [2.05, 4.69) is 5.32 Å². The average molecular weight is 365 g/mol. The van der Waals surface area contributed by atoms with Gasteiger partial charge >= 0.3 is 12.1 Å². The van der Waals surface area contributed by atoms with Crippen molar-refractivity contribution in [1.29, 1.82) is 0 Å². The number of ether oxygens (including phenoxy) is 1. The number of carbonyl (C=O) groups excluding carboxylic acids is 2. The van der Waals surface area contributed by atoms with Gasteiger partial charge < -0.3 is 15.2 Å². The molecule has 0 aliphatic carbocycles. The highest BCUT2D eigenvalue weighted by atomic mass is 16.6. The van der Waals surface area contributed by atoms with E-state index in [9.17, 15) is 29.6 Å². The number of nitrogens with one attached hydrogen (secondary N) is 1. The maximum Gasteiger partial charge on any atom is 0.409 e. The van der Waals surface area contributed by atoms with Gasteiger partial charge in [0.15, 0.2) is 0 Å². The van der Waals surface area contributed by atoms with Crippen LogP contribution in [0.1, 0.15) is 31.7 Å². The summed E-state index contributed by atoms with van der Waals surface area (Å²) in [6.45, 7) is 1.09. The second-order valence-corrected chi connectivity index (χ2v) is 5.93. The number of amides is 2. The summed E-state index contributed by atoms with van der Waals surface area (Å²) < 4.78 is 5.22. The molecule has 0 aromatic heterocycles. The van der Waals surface area contributed by atoms with Gasteiger partial charge in [-0.15, -0.1) is 0 Å². The highest BCUT2D eigenvalue weighted by Crippen LogP contribution is 2.28. The Morgan fingerprint density at radius 3 is 2.50 bits per heavy atom. The Bertz CT molecular complexity index is 719. The quantitative estimate of drug-likeness (QED) is 0.459. The van der Waals surface area contributed by atoms with Crippen LogP contribution in [-0.2, 0) is 20.9 Å². The van der Waals surface area contributed by atoms with Crippen molar-refractivity contribution in [3.8, 4) is 0 Å². The first kappa shape index (κ1) is 19.2. The molecule has 1 fully saturated rings. The van der Waals surface area contributed by atoms with Gasteiger partial charge in [0.1, 0.15) is 6.61 Å². The molecule has 10 heteroatoms. The lowest BCUT2D eigenvalue weighted by molar-refractivity contribution is -0.384. The summed E-state index contributed by atoms with van der Waals surface area (Å²) >= 11 is 0. The number of carbonyl (C=O) groups is 3. The van der Waals surface area contributed by atoms with Crippen LogP contribution in [-0.4, -0.2) is 45.1 Å². The average Bonchev–Trinajstić information content (AvgIpc) is 2.59. The fraction of sp³-hybridized carbons (Fsp3) is 0.438. The topological polar surface area (TPSA) is 139 Å². The van der Waals surface area contributed by atoms with E-state index < -0.39 is 28.6 Å². The normalized spacial score (nSPS) is 19.5. The van der Waals surface area contributed by atoms with E-state index in [1.807, 2.05) is 0 Å². The molecule has 26 heavy (non-hydrogen) atoms. The van der Waals surface area contributed by atoms with Gasteiger partial charge in [-0.3, -0.25) is 19.8 Å². The zero-order valence-electron chi connectivity index (χ0n) is 14.1. The fourth-order valence-electron chi connectivity index (χ4n) is 2.90. The molecule has 2 N–H and O–H groups in total. The number of hydrogen-bond acceptors (Lipinski definition) is 6. The molecule has 1 atom stereocenters. The Labute approximate surface area is 148 Å². The Kier molecular flexibility index (Phi) is 5.75. The molecular weight excluding hydrogens is 346 g/mol. The minimum atomic E-state index is -1.77. The second-order valence-electron chi connectivity index (χ2n) is 5.93. The Balaban J connectivity index is 2.17. The number of non-ortho nitro benzene ring substituents is 1. The number of piperidine rings is 1. The maximum atomic E-state index is 12.7. The maximum absolute atomic E-state index is 12.7. The number of esters is 1. The van der Waals surface area contributed by atoms with E-state index in [1.54, 1.807) is 0 Å². The lowest BCUT2D eigenvalue weighted by atomic mass is 9.95. The van der Waals surface area contributed by atoms with Gasteiger partial charge in [-0.25, -0.2) is 9.59 Å². The van der Waals surface area contributed by atoms with Gasteiger partial charge in [0, 0.05) is 32.0 Å². The fourth-order valence-corrected chi connectivity index (χ4v) is 2.90. The second kappa shape index (κ2) is 7.81. The Morgan fingerprint density at radius 1 is 1.31 bits per heavy atom.